The number of carbonyl (C=O) groups is 1. The maximum atomic E-state index is 12.8. The van der Waals surface area contributed by atoms with Crippen LogP contribution in [0, 0.1) is 0 Å². The summed E-state index contributed by atoms with van der Waals surface area (Å²) in [6, 6.07) is 11.6. The molecule has 1 aromatic heterocycles. The zero-order valence-corrected chi connectivity index (χ0v) is 13.8. The molecule has 3 rings (SSSR count). The molecule has 2 unspecified atom stereocenters. The van der Waals surface area contributed by atoms with Crippen molar-refractivity contribution in [2.45, 2.75) is 25.6 Å². The van der Waals surface area contributed by atoms with E-state index in [1.165, 1.54) is 6.26 Å². The summed E-state index contributed by atoms with van der Waals surface area (Å²) < 4.78 is 11.0. The fraction of sp³-hybridized carbons (Fsp3) is 0.353. The van der Waals surface area contributed by atoms with Crippen molar-refractivity contribution in [3.8, 4) is 0 Å². The Morgan fingerprint density at radius 3 is 2.74 bits per heavy atom. The van der Waals surface area contributed by atoms with Crippen LogP contribution in [0.1, 0.15) is 34.6 Å². The zero-order chi connectivity index (χ0) is 15.5. The highest BCUT2D eigenvalue weighted by Crippen LogP contribution is 2.28. The molecule has 1 amide bonds. The van der Waals surface area contributed by atoms with Crippen molar-refractivity contribution in [3.05, 3.63) is 59.5 Å². The van der Waals surface area contributed by atoms with Crippen molar-refractivity contribution in [1.29, 1.82) is 0 Å². The Labute approximate surface area is 141 Å². The van der Waals surface area contributed by atoms with Crippen LogP contribution in [-0.2, 0) is 11.3 Å². The summed E-state index contributed by atoms with van der Waals surface area (Å²) in [6.07, 6.45) is 1.50. The predicted octanol–water partition coefficient (Wildman–Crippen LogP) is 2.76. The van der Waals surface area contributed by atoms with Crippen molar-refractivity contribution in [3.63, 3.8) is 0 Å². The number of benzene rings is 1. The summed E-state index contributed by atoms with van der Waals surface area (Å²) in [5, 5.41) is 0. The molecule has 0 aliphatic carbocycles. The van der Waals surface area contributed by atoms with Gasteiger partial charge in [-0.15, -0.1) is 12.4 Å². The molecule has 1 aromatic carbocycles. The topological polar surface area (TPSA) is 68.7 Å². The summed E-state index contributed by atoms with van der Waals surface area (Å²) >= 11 is 0. The first-order valence-electron chi connectivity index (χ1n) is 7.44. The van der Waals surface area contributed by atoms with Crippen LogP contribution < -0.4 is 5.73 Å². The SMILES string of the molecule is CC1CN(C(=O)c2coc(CN)c2)C(c2ccccc2)CO1.Cl. The van der Waals surface area contributed by atoms with Gasteiger partial charge in [-0.05, 0) is 18.6 Å². The van der Waals surface area contributed by atoms with Crippen molar-refractivity contribution in [2.75, 3.05) is 13.2 Å². The van der Waals surface area contributed by atoms with Crippen LogP contribution in [-0.4, -0.2) is 30.1 Å². The monoisotopic (exact) mass is 336 g/mol. The fourth-order valence-electron chi connectivity index (χ4n) is 2.74. The number of carbonyl (C=O) groups excluding carboxylic acids is 1. The molecule has 6 heteroatoms. The van der Waals surface area contributed by atoms with Crippen LogP contribution >= 0.6 is 12.4 Å². The van der Waals surface area contributed by atoms with Gasteiger partial charge in [0.05, 0.1) is 30.9 Å². The van der Waals surface area contributed by atoms with Crippen molar-refractivity contribution in [1.82, 2.24) is 4.90 Å². The number of rotatable bonds is 3. The first kappa shape index (κ1) is 17.5. The highest BCUT2D eigenvalue weighted by molar-refractivity contribution is 5.94. The number of halogens is 1. The molecular formula is C17H21ClN2O3. The Bertz CT molecular complexity index is 644. The molecule has 23 heavy (non-hydrogen) atoms. The standard InChI is InChI=1S/C17H20N2O3.ClH/c1-12-9-19(17(20)14-7-15(8-18)22-10-14)16(11-21-12)13-5-3-2-4-6-13;/h2-7,10,12,16H,8-9,11,18H2,1H3;1H. The second-order valence-corrected chi connectivity index (χ2v) is 5.53. The summed E-state index contributed by atoms with van der Waals surface area (Å²) in [4.78, 5) is 14.7. The van der Waals surface area contributed by atoms with Crippen LogP contribution in [0.15, 0.2) is 47.1 Å². The average molecular weight is 337 g/mol. The van der Waals surface area contributed by atoms with E-state index in [9.17, 15) is 4.79 Å². The summed E-state index contributed by atoms with van der Waals surface area (Å²) in [5.74, 6) is 0.563. The lowest BCUT2D eigenvalue weighted by Crippen LogP contribution is -2.46. The molecular weight excluding hydrogens is 316 g/mol. The lowest BCUT2D eigenvalue weighted by atomic mass is 10.0. The van der Waals surface area contributed by atoms with E-state index in [4.69, 9.17) is 14.9 Å². The molecule has 2 atom stereocenters. The van der Waals surface area contributed by atoms with Gasteiger partial charge in [0.15, 0.2) is 0 Å². The fourth-order valence-corrected chi connectivity index (χ4v) is 2.74. The van der Waals surface area contributed by atoms with Gasteiger partial charge < -0.3 is 19.8 Å². The molecule has 1 aliphatic heterocycles. The molecule has 124 valence electrons. The van der Waals surface area contributed by atoms with Gasteiger partial charge in [-0.25, -0.2) is 0 Å². The summed E-state index contributed by atoms with van der Waals surface area (Å²) in [7, 11) is 0. The van der Waals surface area contributed by atoms with Crippen LogP contribution in [0.2, 0.25) is 0 Å². The van der Waals surface area contributed by atoms with Crippen LogP contribution in [0.3, 0.4) is 0 Å². The maximum absolute atomic E-state index is 12.8. The lowest BCUT2D eigenvalue weighted by molar-refractivity contribution is -0.0447. The molecule has 1 fully saturated rings. The third-order valence-corrected chi connectivity index (χ3v) is 3.92. The molecule has 2 heterocycles. The van der Waals surface area contributed by atoms with E-state index in [1.807, 2.05) is 42.2 Å². The molecule has 0 bridgehead atoms. The van der Waals surface area contributed by atoms with Gasteiger partial charge in [-0.1, -0.05) is 30.3 Å². The Balaban J connectivity index is 0.00000192. The Kier molecular flexibility index (Phi) is 5.82. The van der Waals surface area contributed by atoms with Crippen molar-refractivity contribution in [2.24, 2.45) is 5.73 Å². The normalized spacial score (nSPS) is 20.9. The molecule has 0 spiro atoms. The summed E-state index contributed by atoms with van der Waals surface area (Å²) in [6.45, 7) is 3.32. The van der Waals surface area contributed by atoms with Gasteiger partial charge in [0.2, 0.25) is 0 Å². The van der Waals surface area contributed by atoms with E-state index >= 15 is 0 Å². The molecule has 2 N–H and O–H groups in total. The lowest BCUT2D eigenvalue weighted by Gasteiger charge is -2.38. The number of nitrogens with two attached hydrogens (primary N) is 1. The van der Waals surface area contributed by atoms with E-state index in [1.54, 1.807) is 6.07 Å². The molecule has 1 aliphatic rings. The van der Waals surface area contributed by atoms with Gasteiger partial charge in [0.25, 0.3) is 5.91 Å². The van der Waals surface area contributed by atoms with Gasteiger partial charge in [0.1, 0.15) is 12.0 Å². The molecule has 5 nitrogen and oxygen atoms in total. The first-order valence-corrected chi connectivity index (χ1v) is 7.44. The number of ether oxygens (including phenoxy) is 1. The molecule has 0 saturated carbocycles. The minimum absolute atomic E-state index is 0. The van der Waals surface area contributed by atoms with Crippen LogP contribution in [0.25, 0.3) is 0 Å². The zero-order valence-electron chi connectivity index (χ0n) is 13.0. The number of morpholine rings is 1. The number of amides is 1. The quantitative estimate of drug-likeness (QED) is 0.935. The average Bonchev–Trinajstić information content (AvgIpc) is 3.04. The van der Waals surface area contributed by atoms with Crippen molar-refractivity contribution >= 4 is 18.3 Å². The number of hydrogen-bond donors (Lipinski definition) is 1. The maximum Gasteiger partial charge on any atom is 0.257 e. The Hall–Kier alpha value is -1.82. The van der Waals surface area contributed by atoms with E-state index in [0.717, 1.165) is 5.56 Å². The Morgan fingerprint density at radius 2 is 2.09 bits per heavy atom. The largest absolute Gasteiger partial charge is 0.467 e. The molecule has 2 aromatic rings. The first-order chi connectivity index (χ1) is 10.7. The van der Waals surface area contributed by atoms with E-state index in [2.05, 4.69) is 0 Å². The van der Waals surface area contributed by atoms with Crippen LogP contribution in [0.4, 0.5) is 0 Å². The minimum Gasteiger partial charge on any atom is -0.467 e. The van der Waals surface area contributed by atoms with E-state index < -0.39 is 0 Å². The number of furan rings is 1. The second kappa shape index (κ2) is 7.64. The minimum atomic E-state index is -0.0823. The smallest absolute Gasteiger partial charge is 0.257 e. The van der Waals surface area contributed by atoms with E-state index in [0.29, 0.717) is 24.5 Å². The van der Waals surface area contributed by atoms with E-state index in [-0.39, 0.29) is 37.0 Å². The van der Waals surface area contributed by atoms with Crippen LogP contribution in [0.5, 0.6) is 0 Å². The van der Waals surface area contributed by atoms with Gasteiger partial charge in [0, 0.05) is 6.54 Å². The van der Waals surface area contributed by atoms with Gasteiger partial charge in [-0.3, -0.25) is 4.79 Å². The van der Waals surface area contributed by atoms with Crippen molar-refractivity contribution < 1.29 is 13.9 Å². The summed E-state index contributed by atoms with van der Waals surface area (Å²) in [5.41, 5.74) is 7.16. The highest BCUT2D eigenvalue weighted by Gasteiger charge is 2.32. The molecule has 0 radical (unpaired) electrons. The molecule has 1 saturated heterocycles. The Morgan fingerprint density at radius 1 is 1.35 bits per heavy atom. The number of hydrogen-bond acceptors (Lipinski definition) is 4. The van der Waals surface area contributed by atoms with Gasteiger partial charge >= 0.3 is 0 Å². The highest BCUT2D eigenvalue weighted by atomic mass is 35.5. The number of nitrogens with zero attached hydrogens (tertiary/aromatic N) is 1. The van der Waals surface area contributed by atoms with Gasteiger partial charge in [-0.2, -0.15) is 0 Å². The second-order valence-electron chi connectivity index (χ2n) is 5.53. The predicted molar refractivity (Wildman–Crippen MR) is 89.5 cm³/mol. The third-order valence-electron chi connectivity index (χ3n) is 3.92. The third kappa shape index (κ3) is 3.75.